The highest BCUT2D eigenvalue weighted by Crippen LogP contribution is 2.41. The van der Waals surface area contributed by atoms with Crippen LogP contribution < -0.4 is 21.6 Å². The summed E-state index contributed by atoms with van der Waals surface area (Å²) < 4.78 is 89.9. The van der Waals surface area contributed by atoms with Crippen molar-refractivity contribution in [3.8, 4) is 0 Å². The van der Waals surface area contributed by atoms with Gasteiger partial charge in [0.05, 0.1) is 27.7 Å². The van der Waals surface area contributed by atoms with Gasteiger partial charge in [0, 0.05) is 5.69 Å². The molecule has 0 amide bonds. The Bertz CT molecular complexity index is 1170. The van der Waals surface area contributed by atoms with Crippen LogP contribution >= 0.6 is 0 Å². The Labute approximate surface area is 161 Å². The summed E-state index contributed by atoms with van der Waals surface area (Å²) >= 11 is 0. The molecule has 29 heavy (non-hydrogen) atoms. The van der Waals surface area contributed by atoms with Gasteiger partial charge in [0.2, 0.25) is 0 Å². The van der Waals surface area contributed by atoms with E-state index in [2.05, 4.69) is 10.1 Å². The second-order valence-electron chi connectivity index (χ2n) is 6.38. The highest BCUT2D eigenvalue weighted by Gasteiger charge is 2.61. The van der Waals surface area contributed by atoms with Crippen LogP contribution in [-0.4, -0.2) is 36.4 Å². The number of nitrogens with two attached hydrogens (primary N) is 1. The lowest BCUT2D eigenvalue weighted by Gasteiger charge is -2.27. The number of sulfone groups is 1. The van der Waals surface area contributed by atoms with E-state index in [0.29, 0.717) is 0 Å². The van der Waals surface area contributed by atoms with Crippen LogP contribution in [0, 0.1) is 0 Å². The minimum Gasteiger partial charge on any atom is -0.399 e. The summed E-state index contributed by atoms with van der Waals surface area (Å²) in [4.78, 5) is 5.11. The average Bonchev–Trinajstić information content (AvgIpc) is 3.03. The number of H-pyrrole nitrogens is 1. The molecule has 0 radical (unpaired) electrons. The minimum absolute atomic E-state index is 0.0996. The van der Waals surface area contributed by atoms with E-state index < -0.39 is 39.3 Å². The molecule has 13 heteroatoms. The first-order chi connectivity index (χ1) is 13.3. The smallest absolute Gasteiger partial charge is 0.399 e. The number of rotatable bonds is 4. The van der Waals surface area contributed by atoms with Crippen molar-refractivity contribution < 1.29 is 30.4 Å². The van der Waals surface area contributed by atoms with Crippen molar-refractivity contribution in [1.29, 1.82) is 0 Å². The van der Waals surface area contributed by atoms with Crippen LogP contribution in [0.2, 0.25) is 0 Å². The van der Waals surface area contributed by atoms with E-state index in [4.69, 9.17) is 5.73 Å². The first-order valence-electron chi connectivity index (χ1n) is 8.31. The van der Waals surface area contributed by atoms with E-state index in [1.807, 2.05) is 4.98 Å². The molecule has 0 saturated carbocycles. The Balaban J connectivity index is 2.18. The van der Waals surface area contributed by atoms with Crippen molar-refractivity contribution in [3.63, 3.8) is 0 Å². The predicted octanol–water partition coefficient (Wildman–Crippen LogP) is 1.66. The maximum atomic E-state index is 13.6. The molecular weight excluding hydrogens is 421 g/mol. The number of anilines is 2. The van der Waals surface area contributed by atoms with Crippen LogP contribution in [0.25, 0.3) is 6.08 Å². The van der Waals surface area contributed by atoms with Gasteiger partial charge in [0.15, 0.2) is 21.1 Å². The monoisotopic (exact) mass is 437 g/mol. The third-order valence-electron chi connectivity index (χ3n) is 4.31. The molecule has 0 aliphatic carbocycles. The number of nitrogens with one attached hydrogen (secondary N) is 1. The highest BCUT2D eigenvalue weighted by molar-refractivity contribution is 7.91. The van der Waals surface area contributed by atoms with Gasteiger partial charge in [0.1, 0.15) is 0 Å². The number of nitrogens with zero attached hydrogens (tertiary/aromatic N) is 3. The molecule has 0 bridgehead atoms. The summed E-state index contributed by atoms with van der Waals surface area (Å²) in [6.45, 7) is 3.00. The molecule has 1 atom stereocenters. The van der Waals surface area contributed by atoms with Crippen molar-refractivity contribution in [2.45, 2.75) is 36.9 Å². The standard InChI is InChI=1S/C16H16F5N5O2S/c1-3-29(27,28)12-7-9(22)4-5-11(12)26-8(2)6-10-13(25-26)24-14(23-10)15(17,18)16(19,20)21/h4-8H,3,22H2,1-2H3,(H,23,24,25). The zero-order valence-electron chi connectivity index (χ0n) is 15.1. The molecule has 3 rings (SSSR count). The number of nitrogen functional groups attached to an aromatic ring is 1. The fourth-order valence-corrected chi connectivity index (χ4v) is 3.86. The molecule has 1 aromatic carbocycles. The average molecular weight is 437 g/mol. The van der Waals surface area contributed by atoms with Crippen LogP contribution in [0.5, 0.6) is 0 Å². The van der Waals surface area contributed by atoms with E-state index in [1.54, 1.807) is 6.92 Å². The number of benzene rings is 1. The van der Waals surface area contributed by atoms with E-state index in [-0.39, 0.29) is 27.4 Å². The Hall–Kier alpha value is -2.70. The minimum atomic E-state index is -5.84. The van der Waals surface area contributed by atoms with Gasteiger partial charge < -0.3 is 10.7 Å². The molecule has 0 saturated heterocycles. The second-order valence-corrected chi connectivity index (χ2v) is 8.62. The van der Waals surface area contributed by atoms with Crippen LogP contribution in [-0.2, 0) is 15.8 Å². The molecular formula is C16H16F5N5O2S. The third kappa shape index (κ3) is 3.54. The van der Waals surface area contributed by atoms with Crippen LogP contribution in [0.15, 0.2) is 28.2 Å². The summed E-state index contributed by atoms with van der Waals surface area (Å²) in [6, 6.07) is 3.37. The zero-order chi connectivity index (χ0) is 21.8. The molecule has 1 aliphatic rings. The van der Waals surface area contributed by atoms with Crippen molar-refractivity contribution >= 4 is 27.3 Å². The Kier molecular flexibility index (Phi) is 4.84. The third-order valence-corrected chi connectivity index (χ3v) is 6.06. The lowest BCUT2D eigenvalue weighted by Crippen LogP contribution is -2.41. The highest BCUT2D eigenvalue weighted by atomic mass is 32.2. The maximum absolute atomic E-state index is 13.6. The predicted molar refractivity (Wildman–Crippen MR) is 94.3 cm³/mol. The van der Waals surface area contributed by atoms with Gasteiger partial charge in [-0.05, 0) is 31.2 Å². The van der Waals surface area contributed by atoms with E-state index in [1.165, 1.54) is 36.2 Å². The molecule has 0 fully saturated rings. The number of alkyl halides is 5. The lowest BCUT2D eigenvalue weighted by atomic mass is 10.2. The second kappa shape index (κ2) is 6.68. The fraction of sp³-hybridized carbons (Fsp3) is 0.375. The van der Waals surface area contributed by atoms with E-state index in [0.717, 1.165) is 0 Å². The van der Waals surface area contributed by atoms with Gasteiger partial charge in [-0.1, -0.05) is 6.92 Å². The molecule has 1 aliphatic heterocycles. The fourth-order valence-electron chi connectivity index (χ4n) is 2.76. The normalized spacial score (nSPS) is 17.5. The maximum Gasteiger partial charge on any atom is 0.461 e. The SMILES string of the molecule is CCS(=O)(=O)c1cc(N)ccc1N1N=c2nc(C(F)(F)C(F)(F)F)[nH]c2=CC1C. The molecule has 2 heterocycles. The van der Waals surface area contributed by atoms with Gasteiger partial charge in [-0.3, -0.25) is 5.01 Å². The summed E-state index contributed by atoms with van der Waals surface area (Å²) in [5.41, 5.74) is 5.55. The summed E-state index contributed by atoms with van der Waals surface area (Å²) in [6.07, 6.45) is -4.51. The molecule has 2 aromatic rings. The van der Waals surface area contributed by atoms with Gasteiger partial charge in [-0.15, -0.1) is 5.10 Å². The van der Waals surface area contributed by atoms with Gasteiger partial charge in [0.25, 0.3) is 0 Å². The molecule has 1 unspecified atom stereocenters. The molecule has 7 nitrogen and oxygen atoms in total. The van der Waals surface area contributed by atoms with Gasteiger partial charge in [-0.2, -0.15) is 22.0 Å². The lowest BCUT2D eigenvalue weighted by molar-refractivity contribution is -0.292. The quantitative estimate of drug-likeness (QED) is 0.559. The van der Waals surface area contributed by atoms with E-state index in [9.17, 15) is 30.4 Å². The number of aromatic nitrogens is 2. The number of hydrogen-bond acceptors (Lipinski definition) is 6. The Morgan fingerprint density at radius 3 is 2.48 bits per heavy atom. The van der Waals surface area contributed by atoms with Crippen LogP contribution in [0.1, 0.15) is 19.7 Å². The van der Waals surface area contributed by atoms with Gasteiger partial charge in [-0.25, -0.2) is 13.4 Å². The number of hydrogen-bond donors (Lipinski definition) is 2. The summed E-state index contributed by atoms with van der Waals surface area (Å²) in [5, 5.41) is 5.06. The first kappa shape index (κ1) is 21.0. The Morgan fingerprint density at radius 1 is 1.24 bits per heavy atom. The van der Waals surface area contributed by atoms with Crippen molar-refractivity contribution in [1.82, 2.24) is 9.97 Å². The molecule has 3 N–H and O–H groups in total. The molecule has 1 aromatic heterocycles. The summed E-state index contributed by atoms with van der Waals surface area (Å²) in [7, 11) is -3.73. The van der Waals surface area contributed by atoms with E-state index >= 15 is 0 Å². The number of aromatic amines is 1. The van der Waals surface area contributed by atoms with Gasteiger partial charge >= 0.3 is 12.1 Å². The van der Waals surface area contributed by atoms with Crippen LogP contribution in [0.4, 0.5) is 33.3 Å². The topological polar surface area (TPSA) is 104 Å². The molecule has 158 valence electrons. The van der Waals surface area contributed by atoms with Crippen molar-refractivity contribution in [2.75, 3.05) is 16.5 Å². The number of fused-ring (bicyclic) bond motifs is 1. The first-order valence-corrected chi connectivity index (χ1v) is 9.96. The number of halogens is 5. The number of imidazole rings is 1. The zero-order valence-corrected chi connectivity index (χ0v) is 15.9. The van der Waals surface area contributed by atoms with Crippen molar-refractivity contribution in [2.24, 2.45) is 5.10 Å². The van der Waals surface area contributed by atoms with Crippen molar-refractivity contribution in [3.05, 3.63) is 34.9 Å². The molecule has 0 spiro atoms. The largest absolute Gasteiger partial charge is 0.461 e. The van der Waals surface area contributed by atoms with Crippen LogP contribution in [0.3, 0.4) is 0 Å². The Morgan fingerprint density at radius 2 is 1.90 bits per heavy atom. The summed E-state index contributed by atoms with van der Waals surface area (Å²) in [5.74, 6) is -7.02.